The number of rotatable bonds is 6. The Hall–Kier alpha value is -2.40. The van der Waals surface area contributed by atoms with Crippen molar-refractivity contribution in [2.45, 2.75) is 19.1 Å². The van der Waals surface area contributed by atoms with Crippen LogP contribution in [0.4, 0.5) is 9.18 Å². The first-order valence-corrected chi connectivity index (χ1v) is 7.00. The van der Waals surface area contributed by atoms with Gasteiger partial charge in [-0.1, -0.05) is 42.5 Å². The Kier molecular flexibility index (Phi) is 5.91. The Bertz CT molecular complexity index is 604. The fourth-order valence-corrected chi connectivity index (χ4v) is 2.04. The molecule has 2 rings (SSSR count). The second-order valence-corrected chi connectivity index (χ2v) is 4.92. The Labute approximate surface area is 128 Å². The van der Waals surface area contributed by atoms with E-state index in [4.69, 9.17) is 4.74 Å². The number of ether oxygens (including phenoxy) is 1. The second kappa shape index (κ2) is 8.14. The first-order chi connectivity index (χ1) is 10.7. The number of alkyl carbamates (subject to hydrolysis) is 1. The highest BCUT2D eigenvalue weighted by molar-refractivity contribution is 5.67. The van der Waals surface area contributed by atoms with E-state index in [2.05, 4.69) is 5.32 Å². The van der Waals surface area contributed by atoms with Crippen LogP contribution in [0.1, 0.15) is 11.1 Å². The summed E-state index contributed by atoms with van der Waals surface area (Å²) in [5.74, 6) is -0.346. The van der Waals surface area contributed by atoms with Crippen LogP contribution in [-0.4, -0.2) is 23.8 Å². The van der Waals surface area contributed by atoms with Gasteiger partial charge in [0, 0.05) is 0 Å². The number of aliphatic hydroxyl groups excluding tert-OH is 1. The Morgan fingerprint density at radius 3 is 2.55 bits per heavy atom. The fraction of sp³-hybridized carbons (Fsp3) is 0.235. The second-order valence-electron chi connectivity index (χ2n) is 4.92. The number of hydrogen-bond acceptors (Lipinski definition) is 3. The quantitative estimate of drug-likeness (QED) is 0.862. The van der Waals surface area contributed by atoms with Crippen molar-refractivity contribution in [3.05, 3.63) is 71.5 Å². The van der Waals surface area contributed by atoms with Crippen LogP contribution in [0.3, 0.4) is 0 Å². The van der Waals surface area contributed by atoms with Crippen LogP contribution in [-0.2, 0) is 17.8 Å². The Morgan fingerprint density at radius 2 is 1.86 bits per heavy atom. The van der Waals surface area contributed by atoms with Gasteiger partial charge in [-0.05, 0) is 29.7 Å². The maximum absolute atomic E-state index is 13.1. The molecule has 2 aromatic carbocycles. The highest BCUT2D eigenvalue weighted by atomic mass is 19.1. The molecule has 2 N–H and O–H groups in total. The largest absolute Gasteiger partial charge is 0.445 e. The first kappa shape index (κ1) is 16.0. The molecule has 1 atom stereocenters. The minimum atomic E-state index is -0.612. The van der Waals surface area contributed by atoms with Gasteiger partial charge in [-0.25, -0.2) is 9.18 Å². The predicted octanol–water partition coefficient (Wildman–Crippen LogP) is 2.66. The van der Waals surface area contributed by atoms with Gasteiger partial charge >= 0.3 is 6.09 Å². The Balaban J connectivity index is 1.83. The molecule has 2 aromatic rings. The molecule has 0 aliphatic rings. The maximum Gasteiger partial charge on any atom is 0.407 e. The number of benzene rings is 2. The van der Waals surface area contributed by atoms with Gasteiger partial charge in [0.25, 0.3) is 0 Å². The molecule has 0 fully saturated rings. The molecule has 0 bridgehead atoms. The Morgan fingerprint density at radius 1 is 1.14 bits per heavy atom. The highest BCUT2D eigenvalue weighted by Gasteiger charge is 2.13. The van der Waals surface area contributed by atoms with E-state index < -0.39 is 12.1 Å². The molecule has 4 nitrogen and oxygen atoms in total. The van der Waals surface area contributed by atoms with Crippen LogP contribution in [0, 0.1) is 5.82 Å². The number of halogens is 1. The van der Waals surface area contributed by atoms with Crippen LogP contribution in [0.15, 0.2) is 54.6 Å². The lowest BCUT2D eigenvalue weighted by Crippen LogP contribution is -2.39. The third-order valence-corrected chi connectivity index (χ3v) is 3.13. The molecule has 0 saturated heterocycles. The average Bonchev–Trinajstić information content (AvgIpc) is 2.53. The van der Waals surface area contributed by atoms with Crippen molar-refractivity contribution in [1.29, 1.82) is 0 Å². The number of carbonyl (C=O) groups excluding carboxylic acids is 1. The summed E-state index contributed by atoms with van der Waals surface area (Å²) in [5, 5.41) is 11.9. The smallest absolute Gasteiger partial charge is 0.407 e. The van der Waals surface area contributed by atoms with E-state index in [-0.39, 0.29) is 19.0 Å². The summed E-state index contributed by atoms with van der Waals surface area (Å²) in [4.78, 5) is 11.7. The zero-order valence-corrected chi connectivity index (χ0v) is 12.0. The topological polar surface area (TPSA) is 58.6 Å². The monoisotopic (exact) mass is 303 g/mol. The summed E-state index contributed by atoms with van der Waals surface area (Å²) >= 11 is 0. The number of aliphatic hydroxyl groups is 1. The molecule has 0 saturated carbocycles. The molecule has 0 aromatic heterocycles. The van der Waals surface area contributed by atoms with Crippen LogP contribution in [0.2, 0.25) is 0 Å². The number of carbonyl (C=O) groups is 1. The summed E-state index contributed by atoms with van der Waals surface area (Å²) in [6.45, 7) is -0.0955. The lowest BCUT2D eigenvalue weighted by molar-refractivity contribution is 0.129. The normalized spacial score (nSPS) is 11.7. The third kappa shape index (κ3) is 5.18. The lowest BCUT2D eigenvalue weighted by Gasteiger charge is -2.16. The van der Waals surface area contributed by atoms with E-state index in [0.29, 0.717) is 12.0 Å². The molecule has 0 unspecified atom stereocenters. The fourth-order valence-electron chi connectivity index (χ4n) is 2.04. The van der Waals surface area contributed by atoms with E-state index >= 15 is 0 Å². The van der Waals surface area contributed by atoms with Gasteiger partial charge in [-0.2, -0.15) is 0 Å². The van der Waals surface area contributed by atoms with Gasteiger partial charge in [0.15, 0.2) is 0 Å². The molecule has 22 heavy (non-hydrogen) atoms. The zero-order valence-electron chi connectivity index (χ0n) is 12.0. The van der Waals surface area contributed by atoms with E-state index in [1.165, 1.54) is 12.1 Å². The van der Waals surface area contributed by atoms with Gasteiger partial charge in [0.2, 0.25) is 0 Å². The van der Waals surface area contributed by atoms with Crippen molar-refractivity contribution in [3.8, 4) is 0 Å². The number of amides is 1. The van der Waals surface area contributed by atoms with Gasteiger partial charge < -0.3 is 15.2 Å². The summed E-state index contributed by atoms with van der Waals surface area (Å²) in [7, 11) is 0. The molecule has 0 aliphatic heterocycles. The maximum atomic E-state index is 13.1. The number of hydrogen-bond donors (Lipinski definition) is 2. The minimum absolute atomic E-state index is 0.158. The molecular weight excluding hydrogens is 285 g/mol. The molecule has 0 heterocycles. The summed E-state index contributed by atoms with van der Waals surface area (Å²) in [5.41, 5.74) is 1.57. The zero-order chi connectivity index (χ0) is 15.8. The van der Waals surface area contributed by atoms with Gasteiger partial charge in [-0.3, -0.25) is 0 Å². The van der Waals surface area contributed by atoms with Gasteiger partial charge in [0.1, 0.15) is 12.4 Å². The molecule has 5 heteroatoms. The number of nitrogens with one attached hydrogen (secondary N) is 1. The summed E-state index contributed by atoms with van der Waals surface area (Å²) in [6, 6.07) is 14.8. The third-order valence-electron chi connectivity index (χ3n) is 3.13. The van der Waals surface area contributed by atoms with Crippen molar-refractivity contribution in [2.75, 3.05) is 6.61 Å². The van der Waals surface area contributed by atoms with Crippen LogP contribution in [0.5, 0.6) is 0 Å². The lowest BCUT2D eigenvalue weighted by atomic mass is 10.1. The van der Waals surface area contributed by atoms with E-state index in [1.807, 2.05) is 30.3 Å². The molecule has 116 valence electrons. The molecule has 1 amide bonds. The van der Waals surface area contributed by atoms with Crippen molar-refractivity contribution < 1.29 is 19.0 Å². The van der Waals surface area contributed by atoms with Crippen molar-refractivity contribution in [1.82, 2.24) is 5.32 Å². The van der Waals surface area contributed by atoms with Gasteiger partial charge in [0.05, 0.1) is 12.6 Å². The van der Waals surface area contributed by atoms with Crippen molar-refractivity contribution in [2.24, 2.45) is 0 Å². The standard InChI is InChI=1S/C17H18FNO3/c18-15-8-4-7-14(9-15)10-16(11-20)19-17(21)22-12-13-5-2-1-3-6-13/h1-9,16,20H,10-12H2,(H,19,21)/t16-/m1/s1. The first-order valence-electron chi connectivity index (χ1n) is 7.00. The predicted molar refractivity (Wildman–Crippen MR) is 80.7 cm³/mol. The molecule has 0 radical (unpaired) electrons. The van der Waals surface area contributed by atoms with Crippen molar-refractivity contribution in [3.63, 3.8) is 0 Å². The summed E-state index contributed by atoms with van der Waals surface area (Å²) in [6.07, 6.45) is -0.284. The molecule has 0 spiro atoms. The molecular formula is C17H18FNO3. The summed E-state index contributed by atoms with van der Waals surface area (Å²) < 4.78 is 18.2. The van der Waals surface area contributed by atoms with Gasteiger partial charge in [-0.15, -0.1) is 0 Å². The SMILES string of the molecule is O=C(N[C@@H](CO)Cc1cccc(F)c1)OCc1ccccc1. The van der Waals surface area contributed by atoms with E-state index in [9.17, 15) is 14.3 Å². The van der Waals surface area contributed by atoms with Crippen molar-refractivity contribution >= 4 is 6.09 Å². The van der Waals surface area contributed by atoms with E-state index in [0.717, 1.165) is 5.56 Å². The van der Waals surface area contributed by atoms with Crippen LogP contribution >= 0.6 is 0 Å². The average molecular weight is 303 g/mol. The van der Waals surface area contributed by atoms with Crippen LogP contribution in [0.25, 0.3) is 0 Å². The molecule has 0 aliphatic carbocycles. The minimum Gasteiger partial charge on any atom is -0.445 e. The van der Waals surface area contributed by atoms with E-state index in [1.54, 1.807) is 12.1 Å². The highest BCUT2D eigenvalue weighted by Crippen LogP contribution is 2.07. The van der Waals surface area contributed by atoms with Crippen LogP contribution < -0.4 is 5.32 Å².